The molecule has 0 N–H and O–H groups in total. The van der Waals surface area contributed by atoms with Gasteiger partial charge in [-0.3, -0.25) is 0 Å². The maximum atomic E-state index is 12.5. The summed E-state index contributed by atoms with van der Waals surface area (Å²) >= 11 is 0. The molecule has 0 spiro atoms. The molecule has 0 atom stereocenters. The van der Waals surface area contributed by atoms with Crippen LogP contribution >= 0.6 is 0 Å². The van der Waals surface area contributed by atoms with Gasteiger partial charge in [0.15, 0.2) is 0 Å². The first kappa shape index (κ1) is 10.2. The number of benzene rings is 1. The minimum atomic E-state index is -0.658. The predicted molar refractivity (Wildman–Crippen MR) is 48.2 cm³/mol. The van der Waals surface area contributed by atoms with Crippen molar-refractivity contribution in [2.45, 2.75) is 0 Å². The first-order valence-electron chi connectivity index (χ1n) is 3.84. The van der Waals surface area contributed by atoms with Crippen molar-refractivity contribution >= 4 is 5.97 Å². The molecule has 0 unspecified atom stereocenters. The standard InChI is InChI=1S/C10H9FO3/c1-7(10(12)13-2)14-9-5-3-8(11)4-6-9/h3-6H,1H2,2H3. The summed E-state index contributed by atoms with van der Waals surface area (Å²) in [4.78, 5) is 10.9. The molecule has 0 saturated heterocycles. The molecule has 0 fully saturated rings. The van der Waals surface area contributed by atoms with Crippen molar-refractivity contribution in [3.8, 4) is 5.75 Å². The number of halogens is 1. The number of ether oxygens (including phenoxy) is 2. The van der Waals surface area contributed by atoms with Crippen LogP contribution in [0, 0.1) is 5.82 Å². The molecular formula is C10H9FO3. The lowest BCUT2D eigenvalue weighted by molar-refractivity contribution is -0.138. The largest absolute Gasteiger partial charge is 0.463 e. The van der Waals surface area contributed by atoms with Crippen molar-refractivity contribution in [1.29, 1.82) is 0 Å². The van der Waals surface area contributed by atoms with E-state index in [0.29, 0.717) is 5.75 Å². The molecule has 0 aliphatic carbocycles. The van der Waals surface area contributed by atoms with Crippen molar-refractivity contribution in [3.63, 3.8) is 0 Å². The Labute approximate surface area is 80.8 Å². The number of hydrogen-bond acceptors (Lipinski definition) is 3. The van der Waals surface area contributed by atoms with Crippen LogP contribution in [0.5, 0.6) is 5.75 Å². The van der Waals surface area contributed by atoms with Crippen molar-refractivity contribution in [2.24, 2.45) is 0 Å². The maximum Gasteiger partial charge on any atom is 0.373 e. The predicted octanol–water partition coefficient (Wildman–Crippen LogP) is 1.89. The minimum absolute atomic E-state index is 0.140. The van der Waals surface area contributed by atoms with Gasteiger partial charge in [0.1, 0.15) is 11.6 Å². The summed E-state index contributed by atoms with van der Waals surface area (Å²) in [5.41, 5.74) is 0. The highest BCUT2D eigenvalue weighted by molar-refractivity contribution is 5.85. The lowest BCUT2D eigenvalue weighted by atomic mass is 10.3. The molecule has 3 nitrogen and oxygen atoms in total. The Kier molecular flexibility index (Phi) is 3.23. The van der Waals surface area contributed by atoms with Gasteiger partial charge in [0, 0.05) is 0 Å². The van der Waals surface area contributed by atoms with Crippen LogP contribution in [-0.2, 0) is 9.53 Å². The number of carbonyl (C=O) groups is 1. The van der Waals surface area contributed by atoms with E-state index in [2.05, 4.69) is 11.3 Å². The highest BCUT2D eigenvalue weighted by atomic mass is 19.1. The normalized spacial score (nSPS) is 9.29. The van der Waals surface area contributed by atoms with Gasteiger partial charge in [0.25, 0.3) is 0 Å². The van der Waals surface area contributed by atoms with E-state index in [1.54, 1.807) is 0 Å². The van der Waals surface area contributed by atoms with E-state index in [-0.39, 0.29) is 11.6 Å². The van der Waals surface area contributed by atoms with E-state index in [0.717, 1.165) is 0 Å². The van der Waals surface area contributed by atoms with Crippen molar-refractivity contribution in [2.75, 3.05) is 7.11 Å². The Bertz CT molecular complexity index is 343. The smallest absolute Gasteiger partial charge is 0.373 e. The van der Waals surface area contributed by atoms with Gasteiger partial charge in [-0.2, -0.15) is 0 Å². The average molecular weight is 196 g/mol. The first-order valence-corrected chi connectivity index (χ1v) is 3.84. The molecule has 1 aromatic rings. The second-order valence-corrected chi connectivity index (χ2v) is 2.47. The van der Waals surface area contributed by atoms with E-state index >= 15 is 0 Å². The molecule has 0 radical (unpaired) electrons. The lowest BCUT2D eigenvalue weighted by Crippen LogP contribution is -2.09. The molecule has 14 heavy (non-hydrogen) atoms. The van der Waals surface area contributed by atoms with Crippen LogP contribution in [0.3, 0.4) is 0 Å². The zero-order valence-electron chi connectivity index (χ0n) is 7.62. The van der Waals surface area contributed by atoms with E-state index in [1.807, 2.05) is 0 Å². The molecule has 0 aliphatic heterocycles. The highest BCUT2D eigenvalue weighted by Crippen LogP contribution is 2.14. The molecule has 0 bridgehead atoms. The summed E-state index contributed by atoms with van der Waals surface area (Å²) in [5, 5.41) is 0. The quantitative estimate of drug-likeness (QED) is 0.420. The summed E-state index contributed by atoms with van der Waals surface area (Å²) in [6, 6.07) is 5.23. The molecule has 1 rings (SSSR count). The molecule has 1 aromatic carbocycles. The fourth-order valence-electron chi connectivity index (χ4n) is 0.800. The molecule has 0 heterocycles. The number of hydrogen-bond donors (Lipinski definition) is 0. The fourth-order valence-corrected chi connectivity index (χ4v) is 0.800. The van der Waals surface area contributed by atoms with Crippen LogP contribution in [-0.4, -0.2) is 13.1 Å². The summed E-state index contributed by atoms with van der Waals surface area (Å²) in [7, 11) is 1.22. The summed E-state index contributed by atoms with van der Waals surface area (Å²) in [6.45, 7) is 3.35. The third-order valence-electron chi connectivity index (χ3n) is 1.47. The van der Waals surface area contributed by atoms with E-state index in [1.165, 1.54) is 31.4 Å². The number of esters is 1. The second-order valence-electron chi connectivity index (χ2n) is 2.47. The van der Waals surface area contributed by atoms with Gasteiger partial charge in [0.05, 0.1) is 7.11 Å². The van der Waals surface area contributed by atoms with E-state index < -0.39 is 5.97 Å². The molecular weight excluding hydrogens is 187 g/mol. The van der Waals surface area contributed by atoms with Crippen molar-refractivity contribution in [1.82, 2.24) is 0 Å². The first-order chi connectivity index (χ1) is 6.63. The Morgan fingerprint density at radius 2 is 1.93 bits per heavy atom. The lowest BCUT2D eigenvalue weighted by Gasteiger charge is -2.05. The number of carbonyl (C=O) groups excluding carboxylic acids is 1. The molecule has 0 amide bonds. The van der Waals surface area contributed by atoms with Crippen LogP contribution in [0.1, 0.15) is 0 Å². The Morgan fingerprint density at radius 1 is 1.36 bits per heavy atom. The van der Waals surface area contributed by atoms with Crippen LogP contribution in [0.2, 0.25) is 0 Å². The average Bonchev–Trinajstić information content (AvgIpc) is 2.20. The maximum absolute atomic E-state index is 12.5. The zero-order chi connectivity index (χ0) is 10.6. The molecule has 0 saturated carbocycles. The monoisotopic (exact) mass is 196 g/mol. The summed E-state index contributed by atoms with van der Waals surface area (Å²) in [6.07, 6.45) is 0. The second kappa shape index (κ2) is 4.41. The Hall–Kier alpha value is -1.84. The summed E-state index contributed by atoms with van der Waals surface area (Å²) in [5.74, 6) is -0.837. The van der Waals surface area contributed by atoms with Crippen LogP contribution < -0.4 is 4.74 Å². The summed E-state index contributed by atoms with van der Waals surface area (Å²) < 4.78 is 21.8. The van der Waals surface area contributed by atoms with E-state index in [4.69, 9.17) is 4.74 Å². The molecule has 0 aromatic heterocycles. The van der Waals surface area contributed by atoms with Crippen LogP contribution in [0.4, 0.5) is 4.39 Å². The van der Waals surface area contributed by atoms with Gasteiger partial charge in [-0.15, -0.1) is 0 Å². The van der Waals surface area contributed by atoms with Gasteiger partial charge >= 0.3 is 5.97 Å². The molecule has 4 heteroatoms. The van der Waals surface area contributed by atoms with Crippen molar-refractivity contribution < 1.29 is 18.7 Å². The minimum Gasteiger partial charge on any atom is -0.463 e. The Balaban J connectivity index is 2.65. The zero-order valence-corrected chi connectivity index (χ0v) is 7.62. The number of methoxy groups -OCH3 is 1. The van der Waals surface area contributed by atoms with Gasteiger partial charge in [-0.1, -0.05) is 0 Å². The third-order valence-corrected chi connectivity index (χ3v) is 1.47. The van der Waals surface area contributed by atoms with E-state index in [9.17, 15) is 9.18 Å². The topological polar surface area (TPSA) is 35.5 Å². The van der Waals surface area contributed by atoms with Gasteiger partial charge in [0.2, 0.25) is 5.76 Å². The molecule has 0 aliphatic rings. The fraction of sp³-hybridized carbons (Fsp3) is 0.100. The third kappa shape index (κ3) is 2.58. The highest BCUT2D eigenvalue weighted by Gasteiger charge is 2.08. The number of rotatable bonds is 3. The van der Waals surface area contributed by atoms with Crippen molar-refractivity contribution in [3.05, 3.63) is 42.4 Å². The Morgan fingerprint density at radius 3 is 2.43 bits per heavy atom. The van der Waals surface area contributed by atoms with Gasteiger partial charge < -0.3 is 9.47 Å². The molecule has 74 valence electrons. The van der Waals surface area contributed by atoms with Crippen LogP contribution in [0.15, 0.2) is 36.6 Å². The van der Waals surface area contributed by atoms with Gasteiger partial charge in [-0.05, 0) is 30.8 Å². The van der Waals surface area contributed by atoms with Crippen LogP contribution in [0.25, 0.3) is 0 Å². The van der Waals surface area contributed by atoms with Gasteiger partial charge in [-0.25, -0.2) is 9.18 Å². The SMILES string of the molecule is C=C(Oc1ccc(F)cc1)C(=O)OC.